The standard InChI is InChI=1S/C11H16N2O/c12-8-11-9-13(6-7-14-11)10-4-2-1-3-5-10/h2,4,10-11H,1,3,5-7,9H2. The highest BCUT2D eigenvalue weighted by Crippen LogP contribution is 2.18. The fraction of sp³-hybridized carbons (Fsp3) is 0.727. The largest absolute Gasteiger partial charge is 0.361 e. The maximum absolute atomic E-state index is 8.79. The van der Waals surface area contributed by atoms with Crippen molar-refractivity contribution in [3.8, 4) is 6.07 Å². The van der Waals surface area contributed by atoms with Gasteiger partial charge in [-0.3, -0.25) is 4.90 Å². The molecule has 0 aromatic carbocycles. The van der Waals surface area contributed by atoms with E-state index in [4.69, 9.17) is 10.00 Å². The van der Waals surface area contributed by atoms with Crippen molar-refractivity contribution in [1.82, 2.24) is 4.90 Å². The van der Waals surface area contributed by atoms with Gasteiger partial charge >= 0.3 is 0 Å². The summed E-state index contributed by atoms with van der Waals surface area (Å²) < 4.78 is 5.32. The van der Waals surface area contributed by atoms with Gasteiger partial charge in [-0.15, -0.1) is 0 Å². The van der Waals surface area contributed by atoms with Gasteiger partial charge in [0.15, 0.2) is 6.10 Å². The van der Waals surface area contributed by atoms with Crippen molar-refractivity contribution in [2.45, 2.75) is 31.4 Å². The van der Waals surface area contributed by atoms with Crippen LogP contribution in [0.15, 0.2) is 12.2 Å². The van der Waals surface area contributed by atoms with Gasteiger partial charge in [0, 0.05) is 19.1 Å². The van der Waals surface area contributed by atoms with Crippen molar-refractivity contribution in [1.29, 1.82) is 5.26 Å². The van der Waals surface area contributed by atoms with Crippen LogP contribution >= 0.6 is 0 Å². The molecule has 0 N–H and O–H groups in total. The second kappa shape index (κ2) is 4.59. The summed E-state index contributed by atoms with van der Waals surface area (Å²) >= 11 is 0. The van der Waals surface area contributed by atoms with E-state index in [0.29, 0.717) is 12.6 Å². The fourth-order valence-corrected chi connectivity index (χ4v) is 2.15. The Hall–Kier alpha value is -0.850. The Morgan fingerprint density at radius 2 is 2.43 bits per heavy atom. The quantitative estimate of drug-likeness (QED) is 0.588. The summed E-state index contributed by atoms with van der Waals surface area (Å²) in [4.78, 5) is 2.37. The van der Waals surface area contributed by atoms with Gasteiger partial charge < -0.3 is 4.74 Å². The summed E-state index contributed by atoms with van der Waals surface area (Å²) in [6.07, 6.45) is 8.03. The predicted octanol–water partition coefficient (Wildman–Crippen LogP) is 1.32. The molecule has 0 aromatic rings. The van der Waals surface area contributed by atoms with Gasteiger partial charge in [0.25, 0.3) is 0 Å². The first-order chi connectivity index (χ1) is 6.90. The lowest BCUT2D eigenvalue weighted by Crippen LogP contribution is -2.47. The Kier molecular flexibility index (Phi) is 3.18. The molecular weight excluding hydrogens is 176 g/mol. The second-order valence-electron chi connectivity index (χ2n) is 3.91. The summed E-state index contributed by atoms with van der Waals surface area (Å²) in [7, 11) is 0. The zero-order chi connectivity index (χ0) is 9.80. The molecule has 0 radical (unpaired) electrons. The maximum atomic E-state index is 8.79. The molecular formula is C11H16N2O. The highest BCUT2D eigenvalue weighted by atomic mass is 16.5. The van der Waals surface area contributed by atoms with Gasteiger partial charge in [-0.25, -0.2) is 0 Å². The summed E-state index contributed by atoms with van der Waals surface area (Å²) in [6.45, 7) is 2.43. The predicted molar refractivity (Wildman–Crippen MR) is 53.7 cm³/mol. The molecule has 1 fully saturated rings. The second-order valence-corrected chi connectivity index (χ2v) is 3.91. The first kappa shape index (κ1) is 9.70. The number of allylic oxidation sites excluding steroid dienone is 1. The molecule has 14 heavy (non-hydrogen) atoms. The average molecular weight is 192 g/mol. The van der Waals surface area contributed by atoms with E-state index in [0.717, 1.165) is 13.1 Å². The first-order valence-electron chi connectivity index (χ1n) is 5.32. The van der Waals surface area contributed by atoms with Crippen molar-refractivity contribution in [3.63, 3.8) is 0 Å². The molecule has 0 bridgehead atoms. The van der Waals surface area contributed by atoms with Crippen LogP contribution in [0, 0.1) is 11.3 Å². The molecule has 2 aliphatic rings. The molecule has 1 aliphatic carbocycles. The van der Waals surface area contributed by atoms with E-state index >= 15 is 0 Å². The Morgan fingerprint density at radius 3 is 3.14 bits per heavy atom. The van der Waals surface area contributed by atoms with E-state index in [9.17, 15) is 0 Å². The van der Waals surface area contributed by atoms with Crippen molar-refractivity contribution < 1.29 is 4.74 Å². The smallest absolute Gasteiger partial charge is 0.156 e. The van der Waals surface area contributed by atoms with E-state index in [1.165, 1.54) is 19.3 Å². The van der Waals surface area contributed by atoms with Crippen molar-refractivity contribution in [2.75, 3.05) is 19.7 Å². The van der Waals surface area contributed by atoms with E-state index < -0.39 is 0 Å². The number of nitriles is 1. The van der Waals surface area contributed by atoms with Crippen LogP contribution in [0.5, 0.6) is 0 Å². The van der Waals surface area contributed by atoms with Crippen molar-refractivity contribution in [2.24, 2.45) is 0 Å². The summed E-state index contributed by atoms with van der Waals surface area (Å²) in [5.74, 6) is 0. The van der Waals surface area contributed by atoms with Crippen LogP contribution in [-0.2, 0) is 4.74 Å². The van der Waals surface area contributed by atoms with Gasteiger partial charge in [0.2, 0.25) is 0 Å². The summed E-state index contributed by atoms with van der Waals surface area (Å²) in [5, 5.41) is 8.79. The number of morpholine rings is 1. The molecule has 76 valence electrons. The third-order valence-corrected chi connectivity index (χ3v) is 2.94. The zero-order valence-electron chi connectivity index (χ0n) is 8.35. The van der Waals surface area contributed by atoms with Crippen LogP contribution in [0.1, 0.15) is 19.3 Å². The Labute approximate surface area is 85.0 Å². The third-order valence-electron chi connectivity index (χ3n) is 2.94. The van der Waals surface area contributed by atoms with Crippen LogP contribution in [0.2, 0.25) is 0 Å². The highest BCUT2D eigenvalue weighted by molar-refractivity contribution is 5.01. The molecule has 2 unspecified atom stereocenters. The van der Waals surface area contributed by atoms with Crippen LogP contribution < -0.4 is 0 Å². The zero-order valence-corrected chi connectivity index (χ0v) is 8.35. The SMILES string of the molecule is N#CC1CN(C2C=CCCC2)CCO1. The summed E-state index contributed by atoms with van der Waals surface area (Å²) in [5.41, 5.74) is 0. The van der Waals surface area contributed by atoms with Gasteiger partial charge in [-0.2, -0.15) is 5.26 Å². The van der Waals surface area contributed by atoms with E-state index in [2.05, 4.69) is 23.1 Å². The normalized spacial score (nSPS) is 33.9. The van der Waals surface area contributed by atoms with Crippen LogP contribution in [0.25, 0.3) is 0 Å². The Bertz CT molecular complexity index is 257. The monoisotopic (exact) mass is 192 g/mol. The number of hydrogen-bond donors (Lipinski definition) is 0. The molecule has 0 spiro atoms. The number of nitrogens with zero attached hydrogens (tertiary/aromatic N) is 2. The molecule has 1 heterocycles. The molecule has 0 aromatic heterocycles. The minimum atomic E-state index is -0.223. The lowest BCUT2D eigenvalue weighted by Gasteiger charge is -2.35. The fourth-order valence-electron chi connectivity index (χ4n) is 2.15. The topological polar surface area (TPSA) is 36.3 Å². The Balaban J connectivity index is 1.93. The molecule has 3 heteroatoms. The van der Waals surface area contributed by atoms with Gasteiger partial charge in [0.1, 0.15) is 0 Å². The minimum Gasteiger partial charge on any atom is -0.361 e. The first-order valence-corrected chi connectivity index (χ1v) is 5.32. The van der Waals surface area contributed by atoms with Gasteiger partial charge in [-0.1, -0.05) is 12.2 Å². The van der Waals surface area contributed by atoms with Crippen molar-refractivity contribution >= 4 is 0 Å². The number of ether oxygens (including phenoxy) is 1. The minimum absolute atomic E-state index is 0.223. The van der Waals surface area contributed by atoms with E-state index in [1.54, 1.807) is 0 Å². The van der Waals surface area contributed by atoms with E-state index in [-0.39, 0.29) is 6.10 Å². The van der Waals surface area contributed by atoms with Crippen LogP contribution in [0.3, 0.4) is 0 Å². The highest BCUT2D eigenvalue weighted by Gasteiger charge is 2.25. The van der Waals surface area contributed by atoms with Crippen LogP contribution in [0.4, 0.5) is 0 Å². The van der Waals surface area contributed by atoms with E-state index in [1.807, 2.05) is 0 Å². The average Bonchev–Trinajstić information content (AvgIpc) is 2.30. The molecule has 1 saturated heterocycles. The molecule has 0 saturated carbocycles. The summed E-state index contributed by atoms with van der Waals surface area (Å²) in [6, 6.07) is 2.73. The lowest BCUT2D eigenvalue weighted by atomic mass is 10.0. The Morgan fingerprint density at radius 1 is 1.50 bits per heavy atom. The third kappa shape index (κ3) is 2.14. The van der Waals surface area contributed by atoms with Crippen LogP contribution in [-0.4, -0.2) is 36.7 Å². The maximum Gasteiger partial charge on any atom is 0.156 e. The van der Waals surface area contributed by atoms with Gasteiger partial charge in [0.05, 0.1) is 12.7 Å². The lowest BCUT2D eigenvalue weighted by molar-refractivity contribution is -0.0115. The molecule has 3 nitrogen and oxygen atoms in total. The number of rotatable bonds is 1. The molecule has 1 aliphatic heterocycles. The van der Waals surface area contributed by atoms with Gasteiger partial charge in [-0.05, 0) is 19.3 Å². The van der Waals surface area contributed by atoms with Crippen molar-refractivity contribution in [3.05, 3.63) is 12.2 Å². The number of hydrogen-bond acceptors (Lipinski definition) is 3. The molecule has 0 amide bonds. The molecule has 2 atom stereocenters. The molecule has 2 rings (SSSR count).